The van der Waals surface area contributed by atoms with Crippen molar-refractivity contribution in [2.24, 2.45) is 0 Å². The Morgan fingerprint density at radius 3 is 3.05 bits per heavy atom. The van der Waals surface area contributed by atoms with Gasteiger partial charge in [0.2, 0.25) is 0 Å². The van der Waals surface area contributed by atoms with Gasteiger partial charge in [-0.2, -0.15) is 19.6 Å². The molecule has 0 aromatic carbocycles. The van der Waals surface area contributed by atoms with E-state index in [0.29, 0.717) is 29.7 Å². The number of fused-ring (bicyclic) bond motifs is 1. The van der Waals surface area contributed by atoms with E-state index in [-0.39, 0.29) is 11.0 Å². The summed E-state index contributed by atoms with van der Waals surface area (Å²) in [5, 5.41) is 7.19. The Balaban J connectivity index is 1.91. The van der Waals surface area contributed by atoms with Crippen LogP contribution in [-0.4, -0.2) is 45.5 Å². The molecular formula is C11H14ClN5O2S. The predicted octanol–water partition coefficient (Wildman–Crippen LogP) is 1.08. The Labute approximate surface area is 121 Å². The van der Waals surface area contributed by atoms with Crippen molar-refractivity contribution in [1.82, 2.24) is 19.6 Å². The van der Waals surface area contributed by atoms with Crippen molar-refractivity contribution in [3.63, 3.8) is 0 Å². The van der Waals surface area contributed by atoms with Crippen molar-refractivity contribution in [2.75, 3.05) is 17.6 Å². The first kappa shape index (κ1) is 13.6. The number of rotatable bonds is 3. The highest BCUT2D eigenvalue weighted by atomic mass is 35.5. The lowest BCUT2D eigenvalue weighted by atomic mass is 10.2. The van der Waals surface area contributed by atoms with Gasteiger partial charge < -0.3 is 5.32 Å². The maximum absolute atomic E-state index is 11.8. The molecule has 20 heavy (non-hydrogen) atoms. The maximum Gasteiger partial charge on any atom is 0.255 e. The molecule has 1 N–H and O–H groups in total. The van der Waals surface area contributed by atoms with Crippen LogP contribution < -0.4 is 5.32 Å². The summed E-state index contributed by atoms with van der Waals surface area (Å²) in [7, 11) is -2.98. The molecule has 0 amide bonds. The summed E-state index contributed by atoms with van der Waals surface area (Å²) >= 11 is 6.05. The average molecular weight is 316 g/mol. The molecule has 0 saturated carbocycles. The number of anilines is 1. The van der Waals surface area contributed by atoms with Crippen molar-refractivity contribution in [3.05, 3.63) is 17.0 Å². The number of hydrogen-bond acceptors (Lipinski definition) is 6. The van der Waals surface area contributed by atoms with Crippen molar-refractivity contribution in [1.29, 1.82) is 0 Å². The van der Waals surface area contributed by atoms with Crippen LogP contribution in [0.4, 0.5) is 5.82 Å². The molecule has 1 saturated heterocycles. The fourth-order valence-corrected chi connectivity index (χ4v) is 4.33. The fraction of sp³-hybridized carbons (Fsp3) is 0.545. The van der Waals surface area contributed by atoms with Gasteiger partial charge >= 0.3 is 0 Å². The first-order valence-electron chi connectivity index (χ1n) is 6.30. The van der Waals surface area contributed by atoms with Crippen LogP contribution in [0.3, 0.4) is 0 Å². The van der Waals surface area contributed by atoms with Gasteiger partial charge in [-0.05, 0) is 19.8 Å². The molecule has 3 rings (SSSR count). The lowest BCUT2D eigenvalue weighted by Gasteiger charge is -2.14. The van der Waals surface area contributed by atoms with Gasteiger partial charge in [-0.1, -0.05) is 11.6 Å². The van der Waals surface area contributed by atoms with Crippen LogP contribution in [0.1, 0.15) is 18.4 Å². The highest BCUT2D eigenvalue weighted by Gasteiger charge is 2.31. The van der Waals surface area contributed by atoms with Crippen LogP contribution in [-0.2, 0) is 9.84 Å². The van der Waals surface area contributed by atoms with E-state index < -0.39 is 9.84 Å². The van der Waals surface area contributed by atoms with Crippen molar-refractivity contribution >= 4 is 33.0 Å². The van der Waals surface area contributed by atoms with E-state index in [9.17, 15) is 8.42 Å². The molecular weight excluding hydrogens is 302 g/mol. The summed E-state index contributed by atoms with van der Waals surface area (Å²) < 4.78 is 25.2. The zero-order valence-electron chi connectivity index (χ0n) is 10.9. The molecule has 9 heteroatoms. The summed E-state index contributed by atoms with van der Waals surface area (Å²) in [6.07, 6.45) is 2.80. The molecule has 7 nitrogen and oxygen atoms in total. The highest BCUT2D eigenvalue weighted by Crippen LogP contribution is 2.24. The third-order valence-electron chi connectivity index (χ3n) is 3.56. The molecule has 1 aliphatic rings. The Hall–Kier alpha value is -1.41. The van der Waals surface area contributed by atoms with Gasteiger partial charge in [0, 0.05) is 12.1 Å². The van der Waals surface area contributed by atoms with Gasteiger partial charge in [0.1, 0.15) is 17.3 Å². The number of hydrogen-bond donors (Lipinski definition) is 1. The number of aromatic nitrogens is 4. The average Bonchev–Trinajstić information content (AvgIpc) is 2.96. The van der Waals surface area contributed by atoms with Gasteiger partial charge in [-0.15, -0.1) is 0 Å². The summed E-state index contributed by atoms with van der Waals surface area (Å²) in [6, 6.07) is 0. The molecule has 1 aliphatic heterocycles. The molecule has 2 aromatic heterocycles. The molecule has 0 bridgehead atoms. The monoisotopic (exact) mass is 315 g/mol. The molecule has 3 heterocycles. The van der Waals surface area contributed by atoms with Crippen molar-refractivity contribution in [3.8, 4) is 0 Å². The van der Waals surface area contributed by atoms with E-state index in [2.05, 4.69) is 20.4 Å². The second-order valence-corrected chi connectivity index (χ2v) is 7.62. The lowest BCUT2D eigenvalue weighted by molar-refractivity contribution is 0.591. The number of halogens is 1. The third-order valence-corrected chi connectivity index (χ3v) is 6.21. The highest BCUT2D eigenvalue weighted by molar-refractivity contribution is 7.92. The summed E-state index contributed by atoms with van der Waals surface area (Å²) in [6.45, 7) is 2.15. The van der Waals surface area contributed by atoms with Crippen LogP contribution in [0.2, 0.25) is 5.15 Å². The van der Waals surface area contributed by atoms with Gasteiger partial charge in [-0.25, -0.2) is 8.42 Å². The van der Waals surface area contributed by atoms with Crippen LogP contribution in [0, 0.1) is 6.92 Å². The minimum Gasteiger partial charge on any atom is -0.368 e. The van der Waals surface area contributed by atoms with Gasteiger partial charge in [0.15, 0.2) is 9.84 Å². The zero-order chi connectivity index (χ0) is 14.3. The number of nitrogens with one attached hydrogen (secondary N) is 1. The maximum atomic E-state index is 11.8. The van der Waals surface area contributed by atoms with Gasteiger partial charge in [0.25, 0.3) is 5.78 Å². The largest absolute Gasteiger partial charge is 0.368 e. The third kappa shape index (κ3) is 2.22. The van der Waals surface area contributed by atoms with Crippen LogP contribution in [0.25, 0.3) is 5.78 Å². The molecule has 0 spiro atoms. The first-order valence-corrected chi connectivity index (χ1v) is 8.39. The number of sulfone groups is 1. The summed E-state index contributed by atoms with van der Waals surface area (Å²) in [5.74, 6) is 1.30. The molecule has 0 aliphatic carbocycles. The minimum absolute atomic E-state index is 0.272. The van der Waals surface area contributed by atoms with Crippen molar-refractivity contribution in [2.45, 2.75) is 25.0 Å². The zero-order valence-corrected chi connectivity index (χ0v) is 12.4. The Kier molecular flexibility index (Phi) is 3.29. The summed E-state index contributed by atoms with van der Waals surface area (Å²) in [4.78, 5) is 8.09. The second-order valence-electron chi connectivity index (χ2n) is 4.86. The molecule has 2 aromatic rings. The fourth-order valence-electron chi connectivity index (χ4n) is 2.40. The SMILES string of the molecule is Cc1c(Cl)nc2ncnn2c1NCC1CCCS1(=O)=O. The van der Waals surface area contributed by atoms with E-state index in [0.717, 1.165) is 12.0 Å². The minimum atomic E-state index is -2.98. The van der Waals surface area contributed by atoms with E-state index >= 15 is 0 Å². The predicted molar refractivity (Wildman–Crippen MR) is 75.8 cm³/mol. The lowest BCUT2D eigenvalue weighted by Crippen LogP contribution is -2.26. The Morgan fingerprint density at radius 2 is 2.35 bits per heavy atom. The molecule has 108 valence electrons. The van der Waals surface area contributed by atoms with E-state index in [4.69, 9.17) is 11.6 Å². The molecule has 1 atom stereocenters. The Morgan fingerprint density at radius 1 is 1.55 bits per heavy atom. The van der Waals surface area contributed by atoms with Crippen molar-refractivity contribution < 1.29 is 8.42 Å². The second kappa shape index (κ2) is 4.85. The number of nitrogens with zero attached hydrogens (tertiary/aromatic N) is 4. The smallest absolute Gasteiger partial charge is 0.255 e. The van der Waals surface area contributed by atoms with E-state index in [1.165, 1.54) is 10.8 Å². The van der Waals surface area contributed by atoms with Gasteiger partial charge in [-0.3, -0.25) is 0 Å². The molecule has 1 unspecified atom stereocenters. The standard InChI is InChI=1S/C11H14ClN5O2S/c1-7-9(12)16-11-14-6-15-17(11)10(7)13-5-8-3-2-4-20(8,18)19/h6,8,13H,2-5H2,1H3. The first-order chi connectivity index (χ1) is 9.49. The quantitative estimate of drug-likeness (QED) is 0.852. The Bertz CT molecular complexity index is 758. The molecule has 1 fully saturated rings. The van der Waals surface area contributed by atoms with Crippen LogP contribution in [0.15, 0.2) is 6.33 Å². The van der Waals surface area contributed by atoms with Crippen LogP contribution in [0.5, 0.6) is 0 Å². The summed E-state index contributed by atoms with van der Waals surface area (Å²) in [5.41, 5.74) is 0.722. The van der Waals surface area contributed by atoms with E-state index in [1.54, 1.807) is 0 Å². The van der Waals surface area contributed by atoms with Gasteiger partial charge in [0.05, 0.1) is 11.0 Å². The topological polar surface area (TPSA) is 89.2 Å². The molecule has 0 radical (unpaired) electrons. The van der Waals surface area contributed by atoms with Crippen LogP contribution >= 0.6 is 11.6 Å². The normalized spacial score (nSPS) is 21.4. The van der Waals surface area contributed by atoms with E-state index in [1.807, 2.05) is 6.92 Å².